The summed E-state index contributed by atoms with van der Waals surface area (Å²) in [6, 6.07) is -2.51. The fraction of sp³-hybridized carbons (Fsp3) is 0.722. The van der Waals surface area contributed by atoms with E-state index < -0.39 is 71.2 Å². The van der Waals surface area contributed by atoms with Crippen LogP contribution in [0, 0.1) is 23.2 Å². The van der Waals surface area contributed by atoms with Crippen LogP contribution in [0.1, 0.15) is 102 Å². The Morgan fingerprint density at radius 3 is 2.25 bits per heavy atom. The molecule has 3 fully saturated rings. The Kier molecular flexibility index (Phi) is 13.9. The summed E-state index contributed by atoms with van der Waals surface area (Å²) in [4.78, 5) is 89.8. The fourth-order valence-corrected chi connectivity index (χ4v) is 7.06. The van der Waals surface area contributed by atoms with Gasteiger partial charge in [-0.25, -0.2) is 9.78 Å². The highest BCUT2D eigenvalue weighted by Gasteiger charge is 2.45. The average Bonchev–Trinajstić information content (AvgIpc) is 3.83. The van der Waals surface area contributed by atoms with Gasteiger partial charge in [-0.15, -0.1) is 0 Å². The SMILES string of the molecule is CCC[C@H](NC(=O)[C@@H]1CN(C(=O)OC)C[C@@H]1NC(=O)[C@@H](CC(=O)[C@@H](NC(=O)c1cnccn1)C1CCCCC1)C(C)(C)C)C(O)C(=O)NC1CC1. The lowest BCUT2D eigenvalue weighted by atomic mass is 9.74. The molecular weight excluding hydrogens is 658 g/mol. The number of carbonyl (C=O) groups excluding carboxylic acids is 6. The Morgan fingerprint density at radius 1 is 0.961 bits per heavy atom. The number of hydrogen-bond donors (Lipinski definition) is 5. The number of likely N-dealkylation sites (tertiary alicyclic amines) is 1. The molecule has 2 heterocycles. The van der Waals surface area contributed by atoms with Crippen molar-refractivity contribution < 1.29 is 38.6 Å². The minimum Gasteiger partial charge on any atom is -0.453 e. The molecule has 0 bridgehead atoms. The summed E-state index contributed by atoms with van der Waals surface area (Å²) in [5.41, 5.74) is -0.607. The molecule has 0 radical (unpaired) electrons. The number of nitrogens with zero attached hydrogens (tertiary/aromatic N) is 3. The molecule has 1 unspecified atom stereocenters. The third kappa shape index (κ3) is 10.9. The smallest absolute Gasteiger partial charge is 0.409 e. The molecule has 15 nitrogen and oxygen atoms in total. The van der Waals surface area contributed by atoms with Crippen LogP contribution < -0.4 is 21.3 Å². The van der Waals surface area contributed by atoms with Crippen LogP contribution in [-0.4, -0.2) is 106 Å². The molecule has 5 N–H and O–H groups in total. The second kappa shape index (κ2) is 17.9. The van der Waals surface area contributed by atoms with Gasteiger partial charge in [-0.05, 0) is 43.4 Å². The number of methoxy groups -OCH3 is 1. The minimum atomic E-state index is -1.47. The van der Waals surface area contributed by atoms with Gasteiger partial charge in [-0.3, -0.25) is 29.0 Å². The Hall–Kier alpha value is -4.14. The van der Waals surface area contributed by atoms with Gasteiger partial charge >= 0.3 is 6.09 Å². The zero-order valence-electron chi connectivity index (χ0n) is 30.5. The Labute approximate surface area is 299 Å². The first kappa shape index (κ1) is 39.6. The highest BCUT2D eigenvalue weighted by atomic mass is 16.5. The molecule has 2 aliphatic carbocycles. The van der Waals surface area contributed by atoms with E-state index in [2.05, 4.69) is 31.2 Å². The molecule has 3 aliphatic rings. The first-order valence-corrected chi connectivity index (χ1v) is 18.2. The number of aromatic nitrogens is 2. The van der Waals surface area contributed by atoms with Crippen LogP contribution in [0.2, 0.25) is 0 Å². The van der Waals surface area contributed by atoms with Gasteiger partial charge in [0.2, 0.25) is 11.8 Å². The van der Waals surface area contributed by atoms with Crippen molar-refractivity contribution in [3.05, 3.63) is 24.3 Å². The molecule has 15 heteroatoms. The van der Waals surface area contributed by atoms with Gasteiger partial charge in [0.25, 0.3) is 11.8 Å². The quantitative estimate of drug-likeness (QED) is 0.178. The van der Waals surface area contributed by atoms with Gasteiger partial charge < -0.3 is 36.0 Å². The van der Waals surface area contributed by atoms with Crippen molar-refractivity contribution in [2.45, 2.75) is 122 Å². The van der Waals surface area contributed by atoms with Gasteiger partial charge in [-0.1, -0.05) is 53.4 Å². The summed E-state index contributed by atoms with van der Waals surface area (Å²) in [5, 5.41) is 22.3. The standard InChI is InChI=1S/C36H55N7O8/c1-6-10-25(30(45)34(49)39-22-13-14-22)40-31(46)23-19-43(35(50)51-5)20-27(23)41-32(47)24(36(2,3)4)17-28(44)29(21-11-8-7-9-12-21)42-33(48)26-18-37-15-16-38-26/h15-16,18,21-25,27,29-30,45H,6-14,17,19-20H2,1-5H3,(H,39,49)(H,40,46)(H,41,47)(H,42,48)/t23-,24-,25+,27+,29+,30?/m1/s1. The van der Waals surface area contributed by atoms with Crippen LogP contribution in [0.3, 0.4) is 0 Å². The molecule has 282 valence electrons. The number of aliphatic hydroxyl groups is 1. The normalized spacial score (nSPS) is 21.8. The molecule has 0 spiro atoms. The van der Waals surface area contributed by atoms with E-state index in [1.165, 1.54) is 30.6 Å². The molecule has 0 aromatic carbocycles. The predicted octanol–water partition coefficient (Wildman–Crippen LogP) is 1.88. The summed E-state index contributed by atoms with van der Waals surface area (Å²) >= 11 is 0. The number of aliphatic hydroxyl groups excluding tert-OH is 1. The van der Waals surface area contributed by atoms with Gasteiger partial charge in [-0.2, -0.15) is 0 Å². The van der Waals surface area contributed by atoms with Crippen LogP contribution >= 0.6 is 0 Å². The second-order valence-corrected chi connectivity index (χ2v) is 15.3. The predicted molar refractivity (Wildman–Crippen MR) is 186 cm³/mol. The second-order valence-electron chi connectivity index (χ2n) is 15.3. The van der Waals surface area contributed by atoms with Crippen LogP contribution in [0.5, 0.6) is 0 Å². The number of Topliss-reactive ketones (excluding diaryl/α,β-unsaturated/α-hetero) is 1. The van der Waals surface area contributed by atoms with Crippen LogP contribution in [0.4, 0.5) is 4.79 Å². The topological polar surface area (TPSA) is 209 Å². The maximum atomic E-state index is 14.1. The molecule has 1 aromatic rings. The van der Waals surface area contributed by atoms with Crippen molar-refractivity contribution >= 4 is 35.5 Å². The molecule has 6 atom stereocenters. The van der Waals surface area contributed by atoms with E-state index in [1.807, 2.05) is 27.7 Å². The zero-order valence-corrected chi connectivity index (χ0v) is 30.5. The number of rotatable bonds is 15. The van der Waals surface area contributed by atoms with Crippen LogP contribution in [0.15, 0.2) is 18.6 Å². The molecule has 1 aromatic heterocycles. The lowest BCUT2D eigenvalue weighted by molar-refractivity contribution is -0.135. The summed E-state index contributed by atoms with van der Waals surface area (Å²) in [5.74, 6) is -4.21. The monoisotopic (exact) mass is 713 g/mol. The maximum Gasteiger partial charge on any atom is 0.409 e. The van der Waals surface area contributed by atoms with Gasteiger partial charge in [0.1, 0.15) is 5.69 Å². The van der Waals surface area contributed by atoms with E-state index in [0.717, 1.165) is 44.9 Å². The molecule has 1 aliphatic heterocycles. The molecule has 1 saturated heterocycles. The largest absolute Gasteiger partial charge is 0.453 e. The summed E-state index contributed by atoms with van der Waals surface area (Å²) in [6.45, 7) is 7.33. The van der Waals surface area contributed by atoms with Crippen molar-refractivity contribution in [3.8, 4) is 0 Å². The Morgan fingerprint density at radius 2 is 1.67 bits per heavy atom. The lowest BCUT2D eigenvalue weighted by Crippen LogP contribution is -2.55. The maximum absolute atomic E-state index is 14.1. The third-order valence-corrected chi connectivity index (χ3v) is 10.2. The summed E-state index contributed by atoms with van der Waals surface area (Å²) in [6.07, 6.45) is 8.94. The van der Waals surface area contributed by atoms with E-state index in [9.17, 15) is 33.9 Å². The van der Waals surface area contributed by atoms with Crippen molar-refractivity contribution in [1.82, 2.24) is 36.1 Å². The average molecular weight is 714 g/mol. The first-order valence-electron chi connectivity index (χ1n) is 18.2. The Bertz CT molecular complexity index is 1390. The number of hydrogen-bond acceptors (Lipinski definition) is 10. The molecular formula is C36H55N7O8. The third-order valence-electron chi connectivity index (χ3n) is 10.2. The van der Waals surface area contributed by atoms with Crippen molar-refractivity contribution in [2.24, 2.45) is 23.2 Å². The molecule has 51 heavy (non-hydrogen) atoms. The lowest BCUT2D eigenvalue weighted by Gasteiger charge is -2.34. The number of amides is 5. The van der Waals surface area contributed by atoms with Crippen molar-refractivity contribution in [2.75, 3.05) is 20.2 Å². The van der Waals surface area contributed by atoms with E-state index in [-0.39, 0.29) is 42.9 Å². The van der Waals surface area contributed by atoms with E-state index in [4.69, 9.17) is 4.74 Å². The van der Waals surface area contributed by atoms with Crippen LogP contribution in [-0.2, 0) is 23.9 Å². The van der Waals surface area contributed by atoms with Gasteiger partial charge in [0.05, 0.1) is 37.4 Å². The number of ether oxygens (including phenoxy) is 1. The fourth-order valence-electron chi connectivity index (χ4n) is 7.06. The van der Waals surface area contributed by atoms with Crippen LogP contribution in [0.25, 0.3) is 0 Å². The summed E-state index contributed by atoms with van der Waals surface area (Å²) in [7, 11) is 1.22. The van der Waals surface area contributed by atoms with Gasteiger partial charge in [0, 0.05) is 43.9 Å². The van der Waals surface area contributed by atoms with E-state index >= 15 is 0 Å². The van der Waals surface area contributed by atoms with E-state index in [0.29, 0.717) is 12.8 Å². The first-order chi connectivity index (χ1) is 24.2. The molecule has 4 rings (SSSR count). The molecule has 2 saturated carbocycles. The van der Waals surface area contributed by atoms with E-state index in [1.54, 1.807) is 0 Å². The van der Waals surface area contributed by atoms with Crippen molar-refractivity contribution in [3.63, 3.8) is 0 Å². The number of carbonyl (C=O) groups is 6. The number of nitrogens with one attached hydrogen (secondary N) is 4. The minimum absolute atomic E-state index is 0.0245. The van der Waals surface area contributed by atoms with Crippen molar-refractivity contribution in [1.29, 1.82) is 0 Å². The Balaban J connectivity index is 1.51. The number of ketones is 1. The zero-order chi connectivity index (χ0) is 37.3. The highest BCUT2D eigenvalue weighted by Crippen LogP contribution is 2.33. The summed E-state index contributed by atoms with van der Waals surface area (Å²) < 4.78 is 4.91. The van der Waals surface area contributed by atoms with Gasteiger partial charge in [0.15, 0.2) is 11.9 Å². The molecule has 5 amide bonds. The highest BCUT2D eigenvalue weighted by molar-refractivity contribution is 5.98.